The summed E-state index contributed by atoms with van der Waals surface area (Å²) in [6.45, 7) is 2.51. The number of benzene rings is 1. The first-order valence-corrected chi connectivity index (χ1v) is 14.9. The first-order valence-electron chi connectivity index (χ1n) is 14.9. The van der Waals surface area contributed by atoms with Gasteiger partial charge in [0.25, 0.3) is 0 Å². The van der Waals surface area contributed by atoms with Crippen LogP contribution in [0, 0.1) is 0 Å². The van der Waals surface area contributed by atoms with Gasteiger partial charge in [0.05, 0.1) is 12.6 Å². The van der Waals surface area contributed by atoms with E-state index < -0.39 is 78.4 Å². The number of carboxylic acid groups (broad SMARTS) is 1. The number of rotatable bonds is 17. The molecular weight excluding hydrogens is 590 g/mol. The number of carbonyl (C=O) groups excluding carboxylic acids is 5. The van der Waals surface area contributed by atoms with Crippen LogP contribution in [0.5, 0.6) is 5.75 Å². The number of nitrogens with two attached hydrogens (primary N) is 2. The van der Waals surface area contributed by atoms with Crippen molar-refractivity contribution >= 4 is 35.5 Å². The second-order valence-corrected chi connectivity index (χ2v) is 11.1. The molecule has 0 aliphatic carbocycles. The highest BCUT2D eigenvalue weighted by atomic mass is 16.4. The second-order valence-electron chi connectivity index (χ2n) is 11.1. The molecule has 2 rings (SSSR count). The lowest BCUT2D eigenvalue weighted by Crippen LogP contribution is -2.59. The van der Waals surface area contributed by atoms with E-state index in [1.54, 1.807) is 0 Å². The Hall–Kier alpha value is -4.28. The normalized spacial score (nSPS) is 17.7. The van der Waals surface area contributed by atoms with Crippen LogP contribution in [0.3, 0.4) is 0 Å². The molecule has 0 spiro atoms. The highest BCUT2D eigenvalue weighted by Gasteiger charge is 2.38. The van der Waals surface area contributed by atoms with Crippen LogP contribution >= 0.6 is 0 Å². The number of hydrogen-bond acceptors (Lipinski definition) is 10. The first kappa shape index (κ1) is 36.9. The molecule has 1 aliphatic heterocycles. The van der Waals surface area contributed by atoms with Crippen LogP contribution < -0.4 is 32.7 Å². The molecule has 1 heterocycles. The Morgan fingerprint density at radius 2 is 1.49 bits per heavy atom. The van der Waals surface area contributed by atoms with Crippen molar-refractivity contribution in [3.05, 3.63) is 29.8 Å². The average Bonchev–Trinajstić information content (AvgIpc) is 3.50. The summed E-state index contributed by atoms with van der Waals surface area (Å²) in [5.74, 6) is -4.81. The van der Waals surface area contributed by atoms with Gasteiger partial charge in [0, 0.05) is 13.0 Å². The fourth-order valence-corrected chi connectivity index (χ4v) is 4.76. The molecule has 250 valence electrons. The van der Waals surface area contributed by atoms with Gasteiger partial charge in [0.2, 0.25) is 29.5 Å². The monoisotopic (exact) mass is 635 g/mol. The van der Waals surface area contributed by atoms with Crippen molar-refractivity contribution in [1.29, 1.82) is 0 Å². The summed E-state index contributed by atoms with van der Waals surface area (Å²) in [6, 6.07) is -1.04. The number of aromatic hydroxyl groups is 1. The molecule has 1 aromatic carbocycles. The van der Waals surface area contributed by atoms with Crippen molar-refractivity contribution < 1.29 is 44.1 Å². The zero-order chi connectivity index (χ0) is 33.7. The van der Waals surface area contributed by atoms with Crippen LogP contribution in [-0.4, -0.2) is 112 Å². The maximum Gasteiger partial charge on any atom is 0.326 e. The molecule has 0 bridgehead atoms. The molecule has 0 saturated carbocycles. The largest absolute Gasteiger partial charge is 0.508 e. The highest BCUT2D eigenvalue weighted by Crippen LogP contribution is 2.20. The van der Waals surface area contributed by atoms with Crippen molar-refractivity contribution in [2.75, 3.05) is 19.7 Å². The van der Waals surface area contributed by atoms with Crippen LogP contribution in [0.2, 0.25) is 0 Å². The topological polar surface area (TPSA) is 267 Å². The minimum atomic E-state index is -1.53. The Kier molecular flexibility index (Phi) is 14.7. The van der Waals surface area contributed by atoms with Gasteiger partial charge in [-0.25, -0.2) is 4.79 Å². The highest BCUT2D eigenvalue weighted by molar-refractivity contribution is 5.96. The number of nitrogens with zero attached hydrogens (tertiary/aromatic N) is 1. The van der Waals surface area contributed by atoms with E-state index in [0.717, 1.165) is 0 Å². The number of carboxylic acids is 1. The molecule has 1 aliphatic rings. The van der Waals surface area contributed by atoms with Gasteiger partial charge in [0.15, 0.2) is 0 Å². The van der Waals surface area contributed by atoms with Gasteiger partial charge >= 0.3 is 5.97 Å². The lowest BCUT2D eigenvalue weighted by Gasteiger charge is -2.29. The lowest BCUT2D eigenvalue weighted by atomic mass is 10.0. The van der Waals surface area contributed by atoms with Crippen molar-refractivity contribution in [1.82, 2.24) is 26.2 Å². The summed E-state index contributed by atoms with van der Waals surface area (Å²) in [6.07, 6.45) is 2.02. The molecule has 1 fully saturated rings. The van der Waals surface area contributed by atoms with Gasteiger partial charge in [-0.1, -0.05) is 12.1 Å². The number of nitrogens with one attached hydrogen (secondary N) is 4. The van der Waals surface area contributed by atoms with Gasteiger partial charge in [-0.2, -0.15) is 0 Å². The summed E-state index contributed by atoms with van der Waals surface area (Å²) >= 11 is 0. The Bertz CT molecular complexity index is 1200. The number of likely N-dealkylation sites (tertiary alicyclic amines) is 1. The second kappa shape index (κ2) is 17.9. The number of aliphatic carboxylic acids is 1. The van der Waals surface area contributed by atoms with Crippen molar-refractivity contribution in [2.24, 2.45) is 11.5 Å². The Labute approximate surface area is 261 Å². The molecule has 5 amide bonds. The predicted molar refractivity (Wildman–Crippen MR) is 161 cm³/mol. The van der Waals surface area contributed by atoms with Crippen LogP contribution in [0.4, 0.5) is 0 Å². The van der Waals surface area contributed by atoms with Crippen molar-refractivity contribution in [3.8, 4) is 5.75 Å². The van der Waals surface area contributed by atoms with E-state index in [1.165, 1.54) is 43.0 Å². The zero-order valence-electron chi connectivity index (χ0n) is 25.5. The Morgan fingerprint density at radius 3 is 2.07 bits per heavy atom. The number of aliphatic hydroxyl groups excluding tert-OH is 1. The third kappa shape index (κ3) is 11.3. The molecule has 16 heteroatoms. The molecule has 0 radical (unpaired) electrons. The molecule has 11 N–H and O–H groups in total. The first-order chi connectivity index (χ1) is 21.3. The van der Waals surface area contributed by atoms with E-state index in [9.17, 15) is 44.1 Å². The van der Waals surface area contributed by atoms with Crippen LogP contribution in [0.15, 0.2) is 24.3 Å². The number of unbranched alkanes of at least 4 members (excludes halogenated alkanes) is 1. The summed E-state index contributed by atoms with van der Waals surface area (Å²) in [4.78, 5) is 77.5. The molecular formula is C29H45N7O9. The van der Waals surface area contributed by atoms with Crippen molar-refractivity contribution in [3.63, 3.8) is 0 Å². The van der Waals surface area contributed by atoms with E-state index >= 15 is 0 Å². The van der Waals surface area contributed by atoms with Gasteiger partial charge in [-0.05, 0) is 70.2 Å². The Balaban J connectivity index is 2.13. The Morgan fingerprint density at radius 1 is 0.889 bits per heavy atom. The fraction of sp³-hybridized carbons (Fsp3) is 0.586. The van der Waals surface area contributed by atoms with E-state index in [4.69, 9.17) is 11.5 Å². The van der Waals surface area contributed by atoms with Crippen molar-refractivity contribution in [2.45, 2.75) is 88.6 Å². The molecule has 0 unspecified atom stereocenters. The number of hydrogen-bond donors (Lipinski definition) is 9. The van der Waals surface area contributed by atoms with E-state index in [1.807, 2.05) is 0 Å². The van der Waals surface area contributed by atoms with Gasteiger partial charge in [0.1, 0.15) is 36.0 Å². The van der Waals surface area contributed by atoms with Gasteiger partial charge in [-0.15, -0.1) is 0 Å². The quantitative estimate of drug-likeness (QED) is 0.0804. The standard InChI is InChI=1S/C29H45N7O9/c1-16(31)24(39)33-20(6-3-4-12-30)26(41)32-17(2)25(40)35-22(15-37)27(42)34-21(14-18-8-10-19(38)11-9-18)28(43)36-13-5-7-23(36)29(44)45/h8-11,16-17,20-23,37-38H,3-7,12-15,30-31H2,1-2H3,(H,32,41)(H,33,39)(H,34,42)(H,35,40)(H,44,45)/t16-,17-,20-,21-,22-,23-/m0/s1. The van der Waals surface area contributed by atoms with Crippen LogP contribution in [-0.2, 0) is 35.2 Å². The van der Waals surface area contributed by atoms with E-state index in [2.05, 4.69) is 21.3 Å². The molecule has 0 aromatic heterocycles. The minimum Gasteiger partial charge on any atom is -0.508 e. The average molecular weight is 636 g/mol. The summed E-state index contributed by atoms with van der Waals surface area (Å²) in [7, 11) is 0. The summed E-state index contributed by atoms with van der Waals surface area (Å²) in [5, 5.41) is 39.0. The van der Waals surface area contributed by atoms with E-state index in [0.29, 0.717) is 31.4 Å². The number of phenolic OH excluding ortho intramolecular Hbond substituents is 1. The zero-order valence-corrected chi connectivity index (χ0v) is 25.5. The number of phenols is 1. The predicted octanol–water partition coefficient (Wildman–Crippen LogP) is -2.56. The molecule has 16 nitrogen and oxygen atoms in total. The fourth-order valence-electron chi connectivity index (χ4n) is 4.76. The van der Waals surface area contributed by atoms with Gasteiger partial charge < -0.3 is 53.0 Å². The number of carbonyl (C=O) groups is 6. The maximum atomic E-state index is 13.5. The smallest absolute Gasteiger partial charge is 0.326 e. The third-order valence-electron chi connectivity index (χ3n) is 7.37. The van der Waals surface area contributed by atoms with Crippen LogP contribution in [0.1, 0.15) is 51.5 Å². The van der Waals surface area contributed by atoms with Gasteiger partial charge in [-0.3, -0.25) is 24.0 Å². The summed E-state index contributed by atoms with van der Waals surface area (Å²) in [5.41, 5.74) is 11.7. The van der Waals surface area contributed by atoms with Crippen LogP contribution in [0.25, 0.3) is 0 Å². The molecule has 1 saturated heterocycles. The molecule has 1 aromatic rings. The molecule has 45 heavy (non-hydrogen) atoms. The molecule has 6 atom stereocenters. The lowest BCUT2D eigenvalue weighted by molar-refractivity contribution is -0.149. The minimum absolute atomic E-state index is 0.0152. The number of amides is 5. The summed E-state index contributed by atoms with van der Waals surface area (Å²) < 4.78 is 0. The SMILES string of the molecule is C[C@H](N)C(=O)N[C@@H](CCCCN)C(=O)N[C@@H](C)C(=O)N[C@@H](CO)C(=O)N[C@@H](Cc1ccc(O)cc1)C(=O)N1CCC[C@H]1C(=O)O. The maximum absolute atomic E-state index is 13.5. The number of aliphatic hydroxyl groups is 1. The van der Waals surface area contributed by atoms with E-state index in [-0.39, 0.29) is 31.6 Å². The third-order valence-corrected chi connectivity index (χ3v) is 7.37.